The summed E-state index contributed by atoms with van der Waals surface area (Å²) in [7, 11) is 0. The first-order chi connectivity index (χ1) is 27.8. The maximum Gasteiger partial charge on any atom is 0.319 e. The molecule has 0 amide bonds. The van der Waals surface area contributed by atoms with Crippen LogP contribution in [0.15, 0.2) is 0 Å². The molecule has 0 aromatic rings. The molecule has 4 atom stereocenters. The number of carbonyl (C=O) groups is 8. The third-order valence-corrected chi connectivity index (χ3v) is 12.6. The van der Waals surface area contributed by atoms with Crippen molar-refractivity contribution in [3.63, 3.8) is 0 Å². The number of carbonyl (C=O) groups excluding carboxylic acids is 8. The van der Waals surface area contributed by atoms with Gasteiger partial charge in [-0.3, -0.25) is 38.4 Å². The molecule has 0 aromatic carbocycles. The summed E-state index contributed by atoms with van der Waals surface area (Å²) in [6, 6.07) is 0. The summed E-state index contributed by atoms with van der Waals surface area (Å²) < 4.78 is 38.3. The van der Waals surface area contributed by atoms with Crippen LogP contribution in [-0.4, -0.2) is 87.4 Å². The SMILES string of the molecule is CCC(C)(C)C(=O)OCCOCCOC(=O)C(C)(C)CC(C)(CC(C)(CC1(C)CC(C)(CC)C(=O)OC1=O)C(=O)OC(=O)C(C)(C)CC)C(=O)OCCOC(=O)C(C)(C)CC. The highest BCUT2D eigenvalue weighted by molar-refractivity contribution is 5.96. The Morgan fingerprint density at radius 1 is 0.492 bits per heavy atom. The first-order valence-corrected chi connectivity index (χ1v) is 21.6. The summed E-state index contributed by atoms with van der Waals surface area (Å²) in [6.07, 6.45) is 0.838. The fourth-order valence-corrected chi connectivity index (χ4v) is 7.22. The standard InChI is InChI=1S/C46H76O15/c1-17-39(5,6)31(47)56-23-21-55-22-24-57-33(49)42(11,12)27-44(14,35(51)59-26-25-58-32(48)40(7,8)18-2)29-46(16,37(53)60-34(50)41(9,10)19-3)30-45(15)28-43(13,20-4)36(52)61-38(45)54/h17-30H2,1-16H3. The van der Waals surface area contributed by atoms with Crippen LogP contribution in [0.1, 0.15) is 162 Å². The Balaban J connectivity index is 3.57. The van der Waals surface area contributed by atoms with Crippen LogP contribution < -0.4 is 0 Å². The van der Waals surface area contributed by atoms with Gasteiger partial charge in [0.1, 0.15) is 26.4 Å². The van der Waals surface area contributed by atoms with Gasteiger partial charge in [0.05, 0.1) is 56.5 Å². The van der Waals surface area contributed by atoms with Crippen molar-refractivity contribution in [3.05, 3.63) is 0 Å². The largest absolute Gasteiger partial charge is 0.463 e. The molecule has 0 N–H and O–H groups in total. The zero-order chi connectivity index (χ0) is 47.5. The van der Waals surface area contributed by atoms with Crippen molar-refractivity contribution in [3.8, 4) is 0 Å². The molecule has 15 nitrogen and oxygen atoms in total. The van der Waals surface area contributed by atoms with Crippen molar-refractivity contribution < 1.29 is 71.5 Å². The average molecular weight is 869 g/mol. The van der Waals surface area contributed by atoms with E-state index in [4.69, 9.17) is 33.2 Å². The van der Waals surface area contributed by atoms with E-state index in [0.717, 1.165) is 0 Å². The second-order valence-corrected chi connectivity index (χ2v) is 20.4. The molecule has 1 fully saturated rings. The molecule has 0 radical (unpaired) electrons. The molecular formula is C46H76O15. The third kappa shape index (κ3) is 14.9. The van der Waals surface area contributed by atoms with E-state index in [1.54, 1.807) is 83.1 Å². The Labute approximate surface area is 363 Å². The van der Waals surface area contributed by atoms with E-state index < -0.39 is 91.5 Å². The highest BCUT2D eigenvalue weighted by Crippen LogP contribution is 2.53. The van der Waals surface area contributed by atoms with Gasteiger partial charge in [-0.05, 0) is 134 Å². The minimum atomic E-state index is -1.79. The lowest BCUT2D eigenvalue weighted by atomic mass is 9.59. The van der Waals surface area contributed by atoms with Crippen molar-refractivity contribution >= 4 is 47.8 Å². The van der Waals surface area contributed by atoms with Gasteiger partial charge in [-0.1, -0.05) is 27.7 Å². The molecule has 0 aromatic heterocycles. The van der Waals surface area contributed by atoms with E-state index in [1.165, 1.54) is 13.8 Å². The van der Waals surface area contributed by atoms with Gasteiger partial charge in [0.15, 0.2) is 0 Å². The van der Waals surface area contributed by atoms with Crippen molar-refractivity contribution in [1.29, 1.82) is 0 Å². The summed E-state index contributed by atoms with van der Waals surface area (Å²) in [5.74, 6) is -5.77. The molecule has 4 unspecified atom stereocenters. The summed E-state index contributed by atoms with van der Waals surface area (Å²) in [6.45, 7) is 26.2. The van der Waals surface area contributed by atoms with Crippen molar-refractivity contribution in [2.24, 2.45) is 43.3 Å². The lowest BCUT2D eigenvalue weighted by Gasteiger charge is -2.46. The molecule has 0 spiro atoms. The lowest BCUT2D eigenvalue weighted by Crippen LogP contribution is -2.52. The van der Waals surface area contributed by atoms with E-state index in [0.29, 0.717) is 25.7 Å². The highest BCUT2D eigenvalue weighted by atomic mass is 16.6. The summed E-state index contributed by atoms with van der Waals surface area (Å²) >= 11 is 0. The average Bonchev–Trinajstić information content (AvgIpc) is 3.17. The number of esters is 8. The third-order valence-electron chi connectivity index (χ3n) is 12.6. The van der Waals surface area contributed by atoms with Gasteiger partial charge < -0.3 is 33.2 Å². The predicted molar refractivity (Wildman–Crippen MR) is 224 cm³/mol. The molecule has 1 aliphatic rings. The van der Waals surface area contributed by atoms with E-state index in [9.17, 15) is 38.4 Å². The lowest BCUT2D eigenvalue weighted by molar-refractivity contribution is -0.190. The molecule has 61 heavy (non-hydrogen) atoms. The monoisotopic (exact) mass is 869 g/mol. The van der Waals surface area contributed by atoms with Gasteiger partial charge in [0.2, 0.25) is 0 Å². The fraction of sp³-hybridized carbons (Fsp3) is 0.826. The molecule has 350 valence electrons. The van der Waals surface area contributed by atoms with E-state index >= 15 is 0 Å². The molecule has 1 saturated heterocycles. The van der Waals surface area contributed by atoms with Crippen molar-refractivity contribution in [2.45, 2.75) is 162 Å². The van der Waals surface area contributed by atoms with Crippen LogP contribution in [0.3, 0.4) is 0 Å². The number of rotatable bonds is 25. The van der Waals surface area contributed by atoms with Crippen molar-refractivity contribution in [2.75, 3.05) is 39.6 Å². The minimum Gasteiger partial charge on any atom is -0.463 e. The normalized spacial score (nSPS) is 20.7. The Kier molecular flexibility index (Phi) is 19.4. The van der Waals surface area contributed by atoms with Crippen molar-refractivity contribution in [1.82, 2.24) is 0 Å². The Bertz CT molecular complexity index is 1610. The number of hydrogen-bond donors (Lipinski definition) is 0. The number of cyclic esters (lactones) is 2. The molecular weight excluding hydrogens is 792 g/mol. The topological polar surface area (TPSA) is 201 Å². The van der Waals surface area contributed by atoms with E-state index in [1.807, 2.05) is 13.8 Å². The molecule has 0 saturated carbocycles. The molecule has 1 aliphatic heterocycles. The smallest absolute Gasteiger partial charge is 0.319 e. The Hall–Kier alpha value is -3.88. The van der Waals surface area contributed by atoms with E-state index in [2.05, 4.69) is 0 Å². The fourth-order valence-electron chi connectivity index (χ4n) is 7.22. The second-order valence-electron chi connectivity index (χ2n) is 20.4. The first-order valence-electron chi connectivity index (χ1n) is 21.6. The summed E-state index contributed by atoms with van der Waals surface area (Å²) in [5.41, 5.74) is -9.90. The van der Waals surface area contributed by atoms with Gasteiger partial charge >= 0.3 is 47.8 Å². The van der Waals surface area contributed by atoms with Crippen LogP contribution in [0.5, 0.6) is 0 Å². The molecule has 1 heterocycles. The van der Waals surface area contributed by atoms with Gasteiger partial charge in [-0.2, -0.15) is 0 Å². The zero-order valence-corrected chi connectivity index (χ0v) is 40.0. The van der Waals surface area contributed by atoms with Gasteiger partial charge in [0, 0.05) is 0 Å². The molecule has 1 rings (SSSR count). The minimum absolute atomic E-state index is 0.00508. The van der Waals surface area contributed by atoms with Crippen LogP contribution in [0.2, 0.25) is 0 Å². The van der Waals surface area contributed by atoms with Crippen LogP contribution >= 0.6 is 0 Å². The zero-order valence-electron chi connectivity index (χ0n) is 40.0. The second kappa shape index (κ2) is 21.5. The molecule has 15 heteroatoms. The number of ether oxygens (including phenoxy) is 7. The molecule has 0 aliphatic carbocycles. The molecule has 0 bridgehead atoms. The predicted octanol–water partition coefficient (Wildman–Crippen LogP) is 7.66. The van der Waals surface area contributed by atoms with Gasteiger partial charge in [0.25, 0.3) is 0 Å². The maximum atomic E-state index is 14.5. The van der Waals surface area contributed by atoms with Crippen LogP contribution in [0, 0.1) is 43.3 Å². The van der Waals surface area contributed by atoms with Crippen LogP contribution in [-0.2, 0) is 71.5 Å². The van der Waals surface area contributed by atoms with Crippen LogP contribution in [0.4, 0.5) is 0 Å². The Morgan fingerprint density at radius 3 is 1.30 bits per heavy atom. The van der Waals surface area contributed by atoms with Crippen LogP contribution in [0.25, 0.3) is 0 Å². The maximum absolute atomic E-state index is 14.5. The summed E-state index contributed by atoms with van der Waals surface area (Å²) in [5, 5.41) is 0. The van der Waals surface area contributed by atoms with Gasteiger partial charge in [-0.25, -0.2) is 0 Å². The Morgan fingerprint density at radius 2 is 0.869 bits per heavy atom. The van der Waals surface area contributed by atoms with E-state index in [-0.39, 0.29) is 64.9 Å². The summed E-state index contributed by atoms with van der Waals surface area (Å²) in [4.78, 5) is 107. The van der Waals surface area contributed by atoms with Gasteiger partial charge in [-0.15, -0.1) is 0 Å². The first kappa shape index (κ1) is 55.1. The highest BCUT2D eigenvalue weighted by Gasteiger charge is 2.58. The number of hydrogen-bond acceptors (Lipinski definition) is 15. The quantitative estimate of drug-likeness (QED) is 0.0374.